The summed E-state index contributed by atoms with van der Waals surface area (Å²) < 4.78 is 0. The van der Waals surface area contributed by atoms with Gasteiger partial charge >= 0.3 is 0 Å². The number of rotatable bonds is 2. The van der Waals surface area contributed by atoms with Crippen LogP contribution >= 0.6 is 11.8 Å². The molecule has 1 aromatic carbocycles. The Labute approximate surface area is 80.4 Å². The average molecular weight is 191 g/mol. The minimum atomic E-state index is 0.775. The van der Waals surface area contributed by atoms with Crippen LogP contribution in [0, 0.1) is 0 Å². The predicted octanol–water partition coefficient (Wildman–Crippen LogP) is 2.14. The number of H-pyrrole nitrogens is 1. The van der Waals surface area contributed by atoms with Gasteiger partial charge in [0.2, 0.25) is 0 Å². The first-order valence-electron chi connectivity index (χ1n) is 3.87. The van der Waals surface area contributed by atoms with Crippen LogP contribution in [0.3, 0.4) is 0 Å². The molecule has 0 amide bonds. The molecule has 0 aliphatic heterocycles. The topological polar surface area (TPSA) is 54.7 Å². The molecule has 0 bridgehead atoms. The summed E-state index contributed by atoms with van der Waals surface area (Å²) in [5.41, 5.74) is 6.42. The quantitative estimate of drug-likeness (QED) is 0.715. The Balaban J connectivity index is 2.19. The van der Waals surface area contributed by atoms with Crippen LogP contribution in [-0.2, 0) is 0 Å². The lowest BCUT2D eigenvalue weighted by Gasteiger charge is -1.98. The van der Waals surface area contributed by atoms with Crippen LogP contribution in [-0.4, -0.2) is 9.97 Å². The number of nitrogens with two attached hydrogens (primary N) is 1. The minimum Gasteiger partial charge on any atom is -0.399 e. The van der Waals surface area contributed by atoms with Gasteiger partial charge in [0.05, 0.1) is 0 Å². The maximum absolute atomic E-state index is 5.64. The van der Waals surface area contributed by atoms with E-state index >= 15 is 0 Å². The average Bonchev–Trinajstić information content (AvgIpc) is 2.57. The molecule has 3 N–H and O–H groups in total. The number of imidazole rings is 1. The molecule has 0 saturated heterocycles. The van der Waals surface area contributed by atoms with Crippen LogP contribution in [0.4, 0.5) is 5.69 Å². The van der Waals surface area contributed by atoms with E-state index in [2.05, 4.69) is 9.97 Å². The highest BCUT2D eigenvalue weighted by atomic mass is 32.2. The molecule has 1 heterocycles. The first kappa shape index (κ1) is 8.19. The van der Waals surface area contributed by atoms with Gasteiger partial charge in [-0.2, -0.15) is 0 Å². The van der Waals surface area contributed by atoms with Crippen molar-refractivity contribution in [3.63, 3.8) is 0 Å². The number of nitrogens with one attached hydrogen (secondary N) is 1. The van der Waals surface area contributed by atoms with Crippen molar-refractivity contribution < 1.29 is 0 Å². The Hall–Kier alpha value is -1.42. The van der Waals surface area contributed by atoms with Crippen LogP contribution in [0.1, 0.15) is 0 Å². The molecule has 3 nitrogen and oxygen atoms in total. The second-order valence-electron chi connectivity index (χ2n) is 2.57. The van der Waals surface area contributed by atoms with Crippen molar-refractivity contribution in [2.75, 3.05) is 5.73 Å². The van der Waals surface area contributed by atoms with Gasteiger partial charge < -0.3 is 10.7 Å². The van der Waals surface area contributed by atoms with Crippen LogP contribution < -0.4 is 5.73 Å². The smallest absolute Gasteiger partial charge is 0.170 e. The molecule has 0 atom stereocenters. The second kappa shape index (κ2) is 3.53. The van der Waals surface area contributed by atoms with E-state index in [4.69, 9.17) is 5.73 Å². The summed E-state index contributed by atoms with van der Waals surface area (Å²) in [6, 6.07) is 7.73. The number of hydrogen-bond acceptors (Lipinski definition) is 3. The summed E-state index contributed by atoms with van der Waals surface area (Å²) >= 11 is 1.56. The number of nitrogens with zero attached hydrogens (tertiary/aromatic N) is 1. The maximum Gasteiger partial charge on any atom is 0.170 e. The highest BCUT2D eigenvalue weighted by Crippen LogP contribution is 2.25. The van der Waals surface area contributed by atoms with Gasteiger partial charge in [-0.15, -0.1) is 0 Å². The van der Waals surface area contributed by atoms with Gasteiger partial charge in [0.15, 0.2) is 5.16 Å². The van der Waals surface area contributed by atoms with Crippen molar-refractivity contribution in [2.24, 2.45) is 0 Å². The second-order valence-corrected chi connectivity index (χ2v) is 3.63. The molecule has 0 unspecified atom stereocenters. The summed E-state index contributed by atoms with van der Waals surface area (Å²) in [6.45, 7) is 0. The van der Waals surface area contributed by atoms with Crippen LogP contribution in [0.25, 0.3) is 0 Å². The normalized spacial score (nSPS) is 10.2. The van der Waals surface area contributed by atoms with Crippen LogP contribution in [0.5, 0.6) is 0 Å². The van der Waals surface area contributed by atoms with Gasteiger partial charge in [-0.25, -0.2) is 4.98 Å². The number of nitrogen functional groups attached to an aromatic ring is 1. The zero-order valence-corrected chi connectivity index (χ0v) is 7.71. The number of anilines is 1. The van der Waals surface area contributed by atoms with Gasteiger partial charge in [0, 0.05) is 23.0 Å². The molecule has 2 rings (SSSR count). The van der Waals surface area contributed by atoms with Gasteiger partial charge in [0.25, 0.3) is 0 Å². The highest BCUT2D eigenvalue weighted by Gasteiger charge is 1.98. The third-order valence-corrected chi connectivity index (χ3v) is 2.45. The molecule has 0 spiro atoms. The molecule has 0 fully saturated rings. The van der Waals surface area contributed by atoms with Crippen molar-refractivity contribution in [3.05, 3.63) is 36.7 Å². The van der Waals surface area contributed by atoms with Gasteiger partial charge in [0.1, 0.15) is 0 Å². The molecule has 1 aromatic heterocycles. The SMILES string of the molecule is Nc1cccc(Sc2ncc[nH]2)c1. The number of benzene rings is 1. The third kappa shape index (κ3) is 2.03. The summed E-state index contributed by atoms with van der Waals surface area (Å²) in [7, 11) is 0. The fraction of sp³-hybridized carbons (Fsp3) is 0. The molecule has 0 aliphatic carbocycles. The van der Waals surface area contributed by atoms with Crippen molar-refractivity contribution in [1.29, 1.82) is 0 Å². The molecule has 0 saturated carbocycles. The van der Waals surface area contributed by atoms with E-state index in [1.54, 1.807) is 24.2 Å². The standard InChI is InChI=1S/C9H9N3S/c10-7-2-1-3-8(6-7)13-9-11-4-5-12-9/h1-6H,10H2,(H,11,12). The fourth-order valence-corrected chi connectivity index (χ4v) is 1.80. The lowest BCUT2D eigenvalue weighted by Crippen LogP contribution is -1.83. The van der Waals surface area contributed by atoms with E-state index < -0.39 is 0 Å². The third-order valence-electron chi connectivity index (χ3n) is 1.55. The van der Waals surface area contributed by atoms with E-state index in [1.165, 1.54) is 0 Å². The number of hydrogen-bond donors (Lipinski definition) is 2. The summed E-state index contributed by atoms with van der Waals surface area (Å²) in [6.07, 6.45) is 3.53. The van der Waals surface area contributed by atoms with Gasteiger partial charge in [-0.1, -0.05) is 17.8 Å². The van der Waals surface area contributed by atoms with E-state index in [0.717, 1.165) is 15.7 Å². The largest absolute Gasteiger partial charge is 0.399 e. The molecule has 4 heteroatoms. The predicted molar refractivity (Wildman–Crippen MR) is 53.6 cm³/mol. The van der Waals surface area contributed by atoms with Crippen molar-refractivity contribution in [3.8, 4) is 0 Å². The van der Waals surface area contributed by atoms with Crippen LogP contribution in [0.15, 0.2) is 46.7 Å². The number of aromatic nitrogens is 2. The van der Waals surface area contributed by atoms with E-state index in [1.807, 2.05) is 24.3 Å². The monoisotopic (exact) mass is 191 g/mol. The van der Waals surface area contributed by atoms with Crippen molar-refractivity contribution >= 4 is 17.4 Å². The lowest BCUT2D eigenvalue weighted by molar-refractivity contribution is 1.06. The van der Waals surface area contributed by atoms with E-state index in [9.17, 15) is 0 Å². The fourth-order valence-electron chi connectivity index (χ4n) is 0.996. The Morgan fingerprint density at radius 2 is 2.31 bits per heavy atom. The number of aromatic amines is 1. The van der Waals surface area contributed by atoms with E-state index in [0.29, 0.717) is 0 Å². The van der Waals surface area contributed by atoms with Gasteiger partial charge in [-0.3, -0.25) is 0 Å². The molecular weight excluding hydrogens is 182 g/mol. The van der Waals surface area contributed by atoms with E-state index in [-0.39, 0.29) is 0 Å². The zero-order chi connectivity index (χ0) is 9.10. The first-order valence-corrected chi connectivity index (χ1v) is 4.69. The Kier molecular flexibility index (Phi) is 2.23. The van der Waals surface area contributed by atoms with Crippen LogP contribution in [0.2, 0.25) is 0 Å². The summed E-state index contributed by atoms with van der Waals surface area (Å²) in [5.74, 6) is 0. The minimum absolute atomic E-state index is 0.775. The molecule has 13 heavy (non-hydrogen) atoms. The Morgan fingerprint density at radius 1 is 1.38 bits per heavy atom. The summed E-state index contributed by atoms with van der Waals surface area (Å²) in [4.78, 5) is 8.22. The van der Waals surface area contributed by atoms with Crippen molar-refractivity contribution in [2.45, 2.75) is 10.1 Å². The van der Waals surface area contributed by atoms with Crippen molar-refractivity contribution in [1.82, 2.24) is 9.97 Å². The van der Waals surface area contributed by atoms with Gasteiger partial charge in [-0.05, 0) is 18.2 Å². The molecule has 2 aromatic rings. The molecular formula is C9H9N3S. The molecule has 0 radical (unpaired) electrons. The first-order chi connectivity index (χ1) is 6.34. The highest BCUT2D eigenvalue weighted by molar-refractivity contribution is 7.99. The molecule has 0 aliphatic rings. The maximum atomic E-state index is 5.64. The lowest BCUT2D eigenvalue weighted by atomic mass is 10.3. The Morgan fingerprint density at radius 3 is 3.00 bits per heavy atom. The molecule has 66 valence electrons. The summed E-state index contributed by atoms with van der Waals surface area (Å²) in [5, 5.41) is 0.880. The zero-order valence-electron chi connectivity index (χ0n) is 6.90. The Bertz CT molecular complexity index is 384.